The Morgan fingerprint density at radius 2 is 1.64 bits per heavy atom. The molecule has 4 rings (SSSR count). The fourth-order valence-electron chi connectivity index (χ4n) is 4.15. The predicted octanol–water partition coefficient (Wildman–Crippen LogP) is -0.701. The fourth-order valence-corrected chi connectivity index (χ4v) is 4.15. The van der Waals surface area contributed by atoms with Gasteiger partial charge in [0.25, 0.3) is 0 Å². The first-order valence-corrected chi connectivity index (χ1v) is 10.1. The molecular weight excluding hydrogens is 440 g/mol. The molecule has 0 saturated carbocycles. The van der Waals surface area contributed by atoms with Crippen LogP contribution in [0.25, 0.3) is 0 Å². The number of ketones is 1. The average Bonchev–Trinajstić information content (AvgIpc) is 2.81. The van der Waals surface area contributed by atoms with Gasteiger partial charge < -0.3 is 50.0 Å². The Balaban J connectivity index is 1.79. The first-order valence-electron chi connectivity index (χ1n) is 10.1. The second kappa shape index (κ2) is 8.78. The molecule has 1 fully saturated rings. The first kappa shape index (κ1) is 23.2. The third-order valence-corrected chi connectivity index (χ3v) is 5.94. The minimum Gasteiger partial charge on any atom is -0.508 e. The summed E-state index contributed by atoms with van der Waals surface area (Å²) in [6.07, 6.45) is -10.7. The van der Waals surface area contributed by atoms with Crippen molar-refractivity contribution in [3.63, 3.8) is 0 Å². The lowest BCUT2D eigenvalue weighted by Crippen LogP contribution is -2.55. The molecule has 7 atom stereocenters. The number of aromatic hydroxyl groups is 2. The Morgan fingerprint density at radius 1 is 0.970 bits per heavy atom. The zero-order valence-electron chi connectivity index (χ0n) is 17.4. The number of fused-ring (bicyclic) bond motifs is 1. The summed E-state index contributed by atoms with van der Waals surface area (Å²) >= 11 is 0. The predicted molar refractivity (Wildman–Crippen MR) is 109 cm³/mol. The fraction of sp³-hybridized carbons (Fsp3) is 0.409. The molecule has 2 aliphatic heterocycles. The summed E-state index contributed by atoms with van der Waals surface area (Å²) in [5, 5.41) is 71.2. The van der Waals surface area contributed by atoms with Crippen molar-refractivity contribution in [1.29, 1.82) is 0 Å². The summed E-state index contributed by atoms with van der Waals surface area (Å²) in [4.78, 5) is 13.0. The number of benzene rings is 2. The minimum absolute atomic E-state index is 0.0146. The van der Waals surface area contributed by atoms with Gasteiger partial charge in [-0.2, -0.15) is 0 Å². The van der Waals surface area contributed by atoms with Crippen molar-refractivity contribution in [3.8, 4) is 23.0 Å². The molecule has 7 N–H and O–H groups in total. The molecule has 0 amide bonds. The van der Waals surface area contributed by atoms with Crippen LogP contribution in [0.1, 0.15) is 33.7 Å². The zero-order valence-corrected chi connectivity index (χ0v) is 17.4. The van der Waals surface area contributed by atoms with Gasteiger partial charge in [-0.1, -0.05) is 12.1 Å². The Labute approximate surface area is 187 Å². The number of aliphatic hydroxyl groups is 5. The van der Waals surface area contributed by atoms with Gasteiger partial charge in [0.2, 0.25) is 5.78 Å². The molecule has 0 unspecified atom stereocenters. The Bertz CT molecular complexity index is 1040. The van der Waals surface area contributed by atoms with Gasteiger partial charge in [0.15, 0.2) is 12.2 Å². The SMILES string of the molecule is COc1cc2c(c(O)c1[C@@H]1O[C@H](CO)[C@H](O)[C@H](O)[C@H]1O)C(=O)[C@@H](O)[C@@H](c1ccc(O)cc1)O2. The lowest BCUT2D eigenvalue weighted by molar-refractivity contribution is -0.232. The molecule has 2 aromatic rings. The second-order valence-electron chi connectivity index (χ2n) is 7.90. The van der Waals surface area contributed by atoms with E-state index in [-0.39, 0.29) is 28.4 Å². The smallest absolute Gasteiger partial charge is 0.202 e. The van der Waals surface area contributed by atoms with Crippen molar-refractivity contribution in [2.24, 2.45) is 0 Å². The second-order valence-corrected chi connectivity index (χ2v) is 7.90. The Morgan fingerprint density at radius 3 is 2.24 bits per heavy atom. The first-order chi connectivity index (χ1) is 15.7. The van der Waals surface area contributed by atoms with E-state index in [4.69, 9.17) is 14.2 Å². The standard InChI is InChI=1S/C22H24O11/c1-31-10-6-11-13(17(27)19(29)21(32-11)8-2-4-9(24)5-3-8)16(26)14(10)22-20(30)18(28)15(25)12(7-23)33-22/h2-6,12,15,18-26,28-30H,7H2,1H3/t12-,15+,18+,19-,20-,21-,22+/m1/s1. The lowest BCUT2D eigenvalue weighted by atomic mass is 9.86. The van der Waals surface area contributed by atoms with Crippen molar-refractivity contribution in [2.75, 3.05) is 13.7 Å². The van der Waals surface area contributed by atoms with Crippen LogP contribution < -0.4 is 9.47 Å². The third kappa shape index (κ3) is 3.78. The highest BCUT2D eigenvalue weighted by Crippen LogP contribution is 2.49. The van der Waals surface area contributed by atoms with Crippen LogP contribution >= 0.6 is 0 Å². The van der Waals surface area contributed by atoms with E-state index in [0.717, 1.165) is 0 Å². The molecule has 1 saturated heterocycles. The maximum atomic E-state index is 13.0. The molecule has 178 valence electrons. The van der Waals surface area contributed by atoms with Gasteiger partial charge in [-0.05, 0) is 17.7 Å². The van der Waals surface area contributed by atoms with Gasteiger partial charge in [-0.3, -0.25) is 4.79 Å². The van der Waals surface area contributed by atoms with E-state index in [0.29, 0.717) is 5.56 Å². The average molecular weight is 464 g/mol. The topological polar surface area (TPSA) is 186 Å². The number of carbonyl (C=O) groups excluding carboxylic acids is 1. The van der Waals surface area contributed by atoms with Crippen molar-refractivity contribution < 1.29 is 54.8 Å². The van der Waals surface area contributed by atoms with Gasteiger partial charge >= 0.3 is 0 Å². The van der Waals surface area contributed by atoms with Crippen molar-refractivity contribution in [1.82, 2.24) is 0 Å². The number of ether oxygens (including phenoxy) is 3. The van der Waals surface area contributed by atoms with E-state index in [1.807, 2.05) is 0 Å². The Kier molecular flexibility index (Phi) is 6.18. The van der Waals surface area contributed by atoms with E-state index in [2.05, 4.69) is 0 Å². The van der Waals surface area contributed by atoms with Crippen LogP contribution in [0.5, 0.6) is 23.0 Å². The maximum Gasteiger partial charge on any atom is 0.202 e. The highest BCUT2D eigenvalue weighted by atomic mass is 16.5. The van der Waals surface area contributed by atoms with Gasteiger partial charge in [-0.15, -0.1) is 0 Å². The summed E-state index contributed by atoms with van der Waals surface area (Å²) < 4.78 is 16.6. The minimum atomic E-state index is -1.74. The number of rotatable bonds is 4. The summed E-state index contributed by atoms with van der Waals surface area (Å²) in [5.41, 5.74) is -0.207. The molecule has 2 heterocycles. The van der Waals surface area contributed by atoms with Crippen LogP contribution in [0.15, 0.2) is 30.3 Å². The molecule has 0 spiro atoms. The number of hydrogen-bond donors (Lipinski definition) is 7. The van der Waals surface area contributed by atoms with E-state index in [1.165, 1.54) is 37.4 Å². The molecule has 2 aromatic carbocycles. The van der Waals surface area contributed by atoms with Crippen LogP contribution in [-0.4, -0.2) is 85.8 Å². The number of aliphatic hydroxyl groups excluding tert-OH is 5. The van der Waals surface area contributed by atoms with Crippen molar-refractivity contribution in [3.05, 3.63) is 47.0 Å². The summed E-state index contributed by atoms with van der Waals surface area (Å²) in [5.74, 6) is -1.77. The van der Waals surface area contributed by atoms with Crippen molar-refractivity contribution >= 4 is 5.78 Å². The van der Waals surface area contributed by atoms with Crippen LogP contribution in [0, 0.1) is 0 Å². The molecule has 0 bridgehead atoms. The van der Waals surface area contributed by atoms with Gasteiger partial charge in [0.05, 0.1) is 19.3 Å². The normalized spacial score (nSPS) is 31.6. The summed E-state index contributed by atoms with van der Waals surface area (Å²) in [6.45, 7) is -0.690. The highest BCUT2D eigenvalue weighted by molar-refractivity contribution is 6.06. The summed E-state index contributed by atoms with van der Waals surface area (Å²) in [6, 6.07) is 6.95. The van der Waals surface area contributed by atoms with E-state index < -0.39 is 60.9 Å². The maximum absolute atomic E-state index is 13.0. The number of phenols is 2. The number of methoxy groups -OCH3 is 1. The van der Waals surface area contributed by atoms with E-state index >= 15 is 0 Å². The third-order valence-electron chi connectivity index (χ3n) is 5.94. The van der Waals surface area contributed by atoms with Gasteiger partial charge in [0, 0.05) is 6.07 Å². The monoisotopic (exact) mass is 464 g/mol. The molecule has 0 aliphatic carbocycles. The highest BCUT2D eigenvalue weighted by Gasteiger charge is 2.48. The molecule has 11 heteroatoms. The number of Topliss-reactive ketones (excluding diaryl/α,β-unsaturated/α-hetero) is 1. The van der Waals surface area contributed by atoms with E-state index in [1.54, 1.807) is 0 Å². The largest absolute Gasteiger partial charge is 0.508 e. The van der Waals surface area contributed by atoms with Gasteiger partial charge in [0.1, 0.15) is 59.1 Å². The van der Waals surface area contributed by atoms with Crippen LogP contribution in [0.4, 0.5) is 0 Å². The number of hydrogen-bond acceptors (Lipinski definition) is 11. The quantitative estimate of drug-likeness (QED) is 0.303. The van der Waals surface area contributed by atoms with Crippen LogP contribution in [-0.2, 0) is 4.74 Å². The van der Waals surface area contributed by atoms with Crippen LogP contribution in [0.3, 0.4) is 0 Å². The van der Waals surface area contributed by atoms with Gasteiger partial charge in [-0.25, -0.2) is 0 Å². The molecular formula is C22H24O11. The zero-order chi connectivity index (χ0) is 24.0. The molecule has 0 radical (unpaired) electrons. The van der Waals surface area contributed by atoms with E-state index in [9.17, 15) is 40.5 Å². The molecule has 0 aromatic heterocycles. The lowest BCUT2D eigenvalue weighted by Gasteiger charge is -2.41. The Hall–Kier alpha value is -2.93. The molecule has 33 heavy (non-hydrogen) atoms. The molecule has 11 nitrogen and oxygen atoms in total. The van der Waals surface area contributed by atoms with Crippen molar-refractivity contribution in [2.45, 2.75) is 42.7 Å². The number of carbonyl (C=O) groups is 1. The van der Waals surface area contributed by atoms with Crippen LogP contribution in [0.2, 0.25) is 0 Å². The summed E-state index contributed by atoms with van der Waals surface area (Å²) in [7, 11) is 1.26. The molecule has 2 aliphatic rings. The number of phenolic OH excluding ortho intramolecular Hbond substituents is 2.